The van der Waals surface area contributed by atoms with Crippen molar-refractivity contribution in [3.63, 3.8) is 0 Å². The van der Waals surface area contributed by atoms with E-state index in [0.29, 0.717) is 31.0 Å². The van der Waals surface area contributed by atoms with Crippen LogP contribution in [0.4, 0.5) is 11.5 Å². The number of nitrogens with zero attached hydrogens (tertiary/aromatic N) is 3. The van der Waals surface area contributed by atoms with E-state index in [-0.39, 0.29) is 18.2 Å². The molecule has 2 N–H and O–H groups in total. The van der Waals surface area contributed by atoms with E-state index in [4.69, 9.17) is 10.00 Å². The summed E-state index contributed by atoms with van der Waals surface area (Å²) in [4.78, 5) is 30.3. The quantitative estimate of drug-likeness (QED) is 0.791. The molecule has 1 aliphatic rings. The van der Waals surface area contributed by atoms with Gasteiger partial charge in [0, 0.05) is 37.1 Å². The second kappa shape index (κ2) is 9.48. The summed E-state index contributed by atoms with van der Waals surface area (Å²) < 4.78 is 5.34. The molecule has 1 saturated heterocycles. The molecule has 8 heteroatoms. The number of ether oxygens (including phenoxy) is 1. The number of pyridine rings is 1. The van der Waals surface area contributed by atoms with Gasteiger partial charge in [0.25, 0.3) is 5.91 Å². The second-order valence-corrected chi connectivity index (χ2v) is 6.27. The fourth-order valence-corrected chi connectivity index (χ4v) is 2.77. The van der Waals surface area contributed by atoms with E-state index < -0.39 is 0 Å². The SMILES string of the molecule is N#CCC(=O)Nc1ccc(C(=O)NCc2ccc(N3CCOCC3)nc2)cc1. The van der Waals surface area contributed by atoms with Gasteiger partial charge in [-0.1, -0.05) is 6.07 Å². The number of carbonyl (C=O) groups is 2. The monoisotopic (exact) mass is 379 g/mol. The minimum absolute atomic E-state index is 0.208. The first-order valence-corrected chi connectivity index (χ1v) is 8.98. The molecule has 2 aromatic rings. The molecule has 0 aliphatic carbocycles. The average Bonchev–Trinajstić information content (AvgIpc) is 2.74. The maximum Gasteiger partial charge on any atom is 0.251 e. The Labute approximate surface area is 163 Å². The Hall–Kier alpha value is -3.44. The highest BCUT2D eigenvalue weighted by molar-refractivity contribution is 5.96. The third-order valence-corrected chi connectivity index (χ3v) is 4.27. The number of nitrogens with one attached hydrogen (secondary N) is 2. The first-order chi connectivity index (χ1) is 13.7. The zero-order valence-corrected chi connectivity index (χ0v) is 15.4. The number of aromatic nitrogens is 1. The molecule has 0 bridgehead atoms. The number of hydrogen-bond donors (Lipinski definition) is 2. The Bertz CT molecular complexity index is 853. The number of anilines is 2. The van der Waals surface area contributed by atoms with Crippen LogP contribution in [0, 0.1) is 11.3 Å². The van der Waals surface area contributed by atoms with Crippen molar-refractivity contribution >= 4 is 23.3 Å². The molecule has 0 spiro atoms. The Kier molecular flexibility index (Phi) is 6.54. The average molecular weight is 379 g/mol. The van der Waals surface area contributed by atoms with E-state index in [2.05, 4.69) is 20.5 Å². The third-order valence-electron chi connectivity index (χ3n) is 4.27. The fraction of sp³-hybridized carbons (Fsp3) is 0.300. The topological polar surface area (TPSA) is 107 Å². The van der Waals surface area contributed by atoms with Crippen LogP contribution in [-0.4, -0.2) is 43.1 Å². The van der Waals surface area contributed by atoms with Crippen molar-refractivity contribution in [2.45, 2.75) is 13.0 Å². The van der Waals surface area contributed by atoms with E-state index in [1.165, 1.54) is 0 Å². The van der Waals surface area contributed by atoms with Crippen molar-refractivity contribution in [2.75, 3.05) is 36.5 Å². The van der Waals surface area contributed by atoms with Crippen LogP contribution in [0.15, 0.2) is 42.6 Å². The summed E-state index contributed by atoms with van der Waals surface area (Å²) in [6, 6.07) is 12.2. The molecule has 1 aromatic carbocycles. The van der Waals surface area contributed by atoms with Crippen LogP contribution in [0.1, 0.15) is 22.3 Å². The number of carbonyl (C=O) groups excluding carboxylic acids is 2. The predicted octanol–water partition coefficient (Wildman–Crippen LogP) is 1.70. The van der Waals surface area contributed by atoms with Gasteiger partial charge in [0.05, 0.1) is 19.3 Å². The van der Waals surface area contributed by atoms with Gasteiger partial charge >= 0.3 is 0 Å². The Balaban J connectivity index is 1.51. The van der Waals surface area contributed by atoms with Crippen LogP contribution >= 0.6 is 0 Å². The van der Waals surface area contributed by atoms with Crippen LogP contribution in [-0.2, 0) is 16.1 Å². The number of hydrogen-bond acceptors (Lipinski definition) is 6. The summed E-state index contributed by atoms with van der Waals surface area (Å²) >= 11 is 0. The molecule has 144 valence electrons. The smallest absolute Gasteiger partial charge is 0.251 e. The Morgan fingerprint density at radius 1 is 1.14 bits per heavy atom. The number of rotatable bonds is 6. The van der Waals surface area contributed by atoms with E-state index in [1.54, 1.807) is 36.5 Å². The lowest BCUT2D eigenvalue weighted by atomic mass is 10.2. The fourth-order valence-electron chi connectivity index (χ4n) is 2.77. The minimum atomic E-state index is -0.382. The van der Waals surface area contributed by atoms with Crippen molar-refractivity contribution in [1.29, 1.82) is 5.26 Å². The highest BCUT2D eigenvalue weighted by Crippen LogP contribution is 2.13. The van der Waals surface area contributed by atoms with Crippen molar-refractivity contribution in [3.8, 4) is 6.07 Å². The maximum absolute atomic E-state index is 12.3. The molecule has 1 aromatic heterocycles. The molecule has 0 atom stereocenters. The third kappa shape index (κ3) is 5.28. The molecule has 2 amide bonds. The van der Waals surface area contributed by atoms with Crippen molar-refractivity contribution in [3.05, 3.63) is 53.7 Å². The van der Waals surface area contributed by atoms with Crippen molar-refractivity contribution in [2.24, 2.45) is 0 Å². The molecular weight excluding hydrogens is 358 g/mol. The largest absolute Gasteiger partial charge is 0.378 e. The molecule has 1 aliphatic heterocycles. The summed E-state index contributed by atoms with van der Waals surface area (Å²) in [6.45, 7) is 3.45. The van der Waals surface area contributed by atoms with Gasteiger partial charge in [0.1, 0.15) is 12.2 Å². The van der Waals surface area contributed by atoms with Gasteiger partial charge in [-0.2, -0.15) is 5.26 Å². The zero-order chi connectivity index (χ0) is 19.8. The van der Waals surface area contributed by atoms with Gasteiger partial charge in [-0.15, -0.1) is 0 Å². The molecule has 1 fully saturated rings. The predicted molar refractivity (Wildman–Crippen MR) is 104 cm³/mol. The summed E-state index contributed by atoms with van der Waals surface area (Å²) in [5.74, 6) is 0.312. The van der Waals surface area contributed by atoms with Gasteiger partial charge in [-0.05, 0) is 35.9 Å². The van der Waals surface area contributed by atoms with Crippen LogP contribution in [0.5, 0.6) is 0 Å². The highest BCUT2D eigenvalue weighted by atomic mass is 16.5. The zero-order valence-electron chi connectivity index (χ0n) is 15.4. The first-order valence-electron chi connectivity index (χ1n) is 8.98. The van der Waals surface area contributed by atoms with Gasteiger partial charge in [0.2, 0.25) is 5.91 Å². The van der Waals surface area contributed by atoms with E-state index in [0.717, 1.165) is 24.5 Å². The molecule has 0 unspecified atom stereocenters. The Morgan fingerprint density at radius 2 is 1.89 bits per heavy atom. The van der Waals surface area contributed by atoms with E-state index >= 15 is 0 Å². The van der Waals surface area contributed by atoms with Gasteiger partial charge < -0.3 is 20.3 Å². The maximum atomic E-state index is 12.3. The van der Waals surface area contributed by atoms with Crippen LogP contribution in [0.2, 0.25) is 0 Å². The van der Waals surface area contributed by atoms with E-state index in [9.17, 15) is 9.59 Å². The number of nitriles is 1. The van der Waals surface area contributed by atoms with Gasteiger partial charge in [0.15, 0.2) is 0 Å². The van der Waals surface area contributed by atoms with Crippen molar-refractivity contribution in [1.82, 2.24) is 10.3 Å². The van der Waals surface area contributed by atoms with Gasteiger partial charge in [-0.3, -0.25) is 9.59 Å². The molecule has 2 heterocycles. The molecule has 0 saturated carbocycles. The second-order valence-electron chi connectivity index (χ2n) is 6.27. The molecular formula is C20H21N5O3. The lowest BCUT2D eigenvalue weighted by Gasteiger charge is -2.27. The van der Waals surface area contributed by atoms with E-state index in [1.807, 2.05) is 12.1 Å². The lowest BCUT2D eigenvalue weighted by Crippen LogP contribution is -2.36. The normalized spacial score (nSPS) is 13.5. The summed E-state index contributed by atoms with van der Waals surface area (Å²) in [6.07, 6.45) is 1.56. The number of morpholine rings is 1. The number of amides is 2. The standard InChI is InChI=1S/C20H21N5O3/c21-8-7-19(26)24-17-4-2-16(3-5-17)20(27)23-14-15-1-6-18(22-13-15)25-9-11-28-12-10-25/h1-6,13H,7,9-12,14H2,(H,23,27)(H,24,26). The van der Waals surface area contributed by atoms with Crippen LogP contribution in [0.25, 0.3) is 0 Å². The minimum Gasteiger partial charge on any atom is -0.378 e. The van der Waals surface area contributed by atoms with Crippen LogP contribution in [0.3, 0.4) is 0 Å². The Morgan fingerprint density at radius 3 is 2.54 bits per heavy atom. The van der Waals surface area contributed by atoms with Crippen LogP contribution < -0.4 is 15.5 Å². The summed E-state index contributed by atoms with van der Waals surface area (Å²) in [5, 5.41) is 13.9. The highest BCUT2D eigenvalue weighted by Gasteiger charge is 2.12. The van der Waals surface area contributed by atoms with Crippen molar-refractivity contribution < 1.29 is 14.3 Å². The summed E-state index contributed by atoms with van der Waals surface area (Å²) in [7, 11) is 0. The molecule has 28 heavy (non-hydrogen) atoms. The summed E-state index contributed by atoms with van der Waals surface area (Å²) in [5.41, 5.74) is 1.93. The molecule has 0 radical (unpaired) electrons. The van der Waals surface area contributed by atoms with Gasteiger partial charge in [-0.25, -0.2) is 4.98 Å². The first kappa shape index (κ1) is 19.3. The molecule has 8 nitrogen and oxygen atoms in total. The molecule has 3 rings (SSSR count). The lowest BCUT2D eigenvalue weighted by molar-refractivity contribution is -0.115. The number of benzene rings is 1.